The first-order chi connectivity index (χ1) is 12.5. The van der Waals surface area contributed by atoms with Crippen LogP contribution in [0.1, 0.15) is 57.5 Å². The monoisotopic (exact) mass is 350 g/mol. The summed E-state index contributed by atoms with van der Waals surface area (Å²) in [6, 6.07) is 12.9. The van der Waals surface area contributed by atoms with Crippen molar-refractivity contribution in [3.63, 3.8) is 0 Å². The number of likely N-dealkylation sites (tertiary alicyclic amines) is 1. The maximum absolute atomic E-state index is 12.8. The van der Waals surface area contributed by atoms with E-state index in [1.165, 1.54) is 18.4 Å². The minimum absolute atomic E-state index is 0.0210. The Morgan fingerprint density at radius 1 is 0.846 bits per heavy atom. The largest absolute Gasteiger partial charge is 0.339 e. The fraction of sp³-hybridized carbons (Fsp3) is 0.364. The number of anilines is 1. The Labute approximate surface area is 155 Å². The van der Waals surface area contributed by atoms with E-state index >= 15 is 0 Å². The van der Waals surface area contributed by atoms with E-state index in [4.69, 9.17) is 0 Å². The van der Waals surface area contributed by atoms with Gasteiger partial charge in [0.1, 0.15) is 0 Å². The van der Waals surface area contributed by atoms with E-state index in [1.54, 1.807) is 24.3 Å². The molecule has 1 aliphatic heterocycles. The molecule has 0 spiro atoms. The molecule has 1 aliphatic rings. The van der Waals surface area contributed by atoms with Gasteiger partial charge in [-0.05, 0) is 68.1 Å². The summed E-state index contributed by atoms with van der Waals surface area (Å²) in [5.74, 6) is -0.175. The van der Waals surface area contributed by atoms with Crippen LogP contribution in [-0.2, 0) is 0 Å². The zero-order valence-electron chi connectivity index (χ0n) is 15.5. The lowest BCUT2D eigenvalue weighted by Gasteiger charge is -2.20. The standard InChI is InChI=1S/C22H26N2O2/c1-16-10-11-20(14-17(16)2)23-21(25)18-8-7-9-19(15-18)22(26)24-12-5-3-4-6-13-24/h7-11,14-15H,3-6,12-13H2,1-2H3,(H,23,25). The lowest BCUT2D eigenvalue weighted by Crippen LogP contribution is -2.32. The number of amides is 2. The molecule has 0 aromatic heterocycles. The molecule has 1 fully saturated rings. The number of carbonyl (C=O) groups excluding carboxylic acids is 2. The second kappa shape index (κ2) is 8.17. The summed E-state index contributed by atoms with van der Waals surface area (Å²) in [6.07, 6.45) is 4.47. The second-order valence-electron chi connectivity index (χ2n) is 7.04. The molecule has 0 aliphatic carbocycles. The number of benzene rings is 2. The molecule has 0 unspecified atom stereocenters. The molecule has 1 saturated heterocycles. The zero-order chi connectivity index (χ0) is 18.5. The topological polar surface area (TPSA) is 49.4 Å². The zero-order valence-corrected chi connectivity index (χ0v) is 15.5. The maximum Gasteiger partial charge on any atom is 0.255 e. The molecular formula is C22H26N2O2. The molecule has 0 saturated carbocycles. The highest BCUT2D eigenvalue weighted by Gasteiger charge is 2.18. The molecule has 26 heavy (non-hydrogen) atoms. The lowest BCUT2D eigenvalue weighted by atomic mass is 10.1. The Morgan fingerprint density at radius 3 is 2.23 bits per heavy atom. The van der Waals surface area contributed by atoms with Gasteiger partial charge >= 0.3 is 0 Å². The SMILES string of the molecule is Cc1ccc(NC(=O)c2cccc(C(=O)N3CCCCCC3)c2)cc1C. The number of hydrogen-bond acceptors (Lipinski definition) is 2. The van der Waals surface area contributed by atoms with Crippen molar-refractivity contribution in [2.45, 2.75) is 39.5 Å². The molecule has 1 heterocycles. The molecule has 0 radical (unpaired) electrons. The summed E-state index contributed by atoms with van der Waals surface area (Å²) >= 11 is 0. The second-order valence-corrected chi connectivity index (χ2v) is 7.04. The van der Waals surface area contributed by atoms with Crippen LogP contribution in [0.3, 0.4) is 0 Å². The third-order valence-electron chi connectivity index (χ3n) is 5.03. The minimum atomic E-state index is -0.196. The molecule has 2 aromatic carbocycles. The summed E-state index contributed by atoms with van der Waals surface area (Å²) < 4.78 is 0. The Bertz CT molecular complexity index is 806. The number of carbonyl (C=O) groups is 2. The molecule has 136 valence electrons. The predicted octanol–water partition coefficient (Wildman–Crippen LogP) is 4.57. The number of nitrogens with one attached hydrogen (secondary N) is 1. The smallest absolute Gasteiger partial charge is 0.255 e. The molecular weight excluding hydrogens is 324 g/mol. The van der Waals surface area contributed by atoms with Crippen molar-refractivity contribution in [3.8, 4) is 0 Å². The first-order valence-corrected chi connectivity index (χ1v) is 9.32. The van der Waals surface area contributed by atoms with Crippen molar-refractivity contribution >= 4 is 17.5 Å². The van der Waals surface area contributed by atoms with E-state index in [0.29, 0.717) is 11.1 Å². The van der Waals surface area contributed by atoms with Crippen LogP contribution in [0, 0.1) is 13.8 Å². The van der Waals surface area contributed by atoms with Crippen molar-refractivity contribution in [2.75, 3.05) is 18.4 Å². The van der Waals surface area contributed by atoms with E-state index in [2.05, 4.69) is 5.32 Å². The fourth-order valence-corrected chi connectivity index (χ4v) is 3.27. The van der Waals surface area contributed by atoms with Gasteiger partial charge in [0.2, 0.25) is 0 Å². The Morgan fingerprint density at radius 2 is 1.54 bits per heavy atom. The molecule has 2 aromatic rings. The van der Waals surface area contributed by atoms with Crippen LogP contribution >= 0.6 is 0 Å². The molecule has 4 heteroatoms. The van der Waals surface area contributed by atoms with Gasteiger partial charge < -0.3 is 10.2 Å². The highest BCUT2D eigenvalue weighted by Crippen LogP contribution is 2.17. The average Bonchev–Trinajstić information content (AvgIpc) is 2.93. The number of aryl methyl sites for hydroxylation is 2. The molecule has 3 rings (SSSR count). The highest BCUT2D eigenvalue weighted by atomic mass is 16.2. The lowest BCUT2D eigenvalue weighted by molar-refractivity contribution is 0.0761. The van der Waals surface area contributed by atoms with Gasteiger partial charge in [0.25, 0.3) is 11.8 Å². The van der Waals surface area contributed by atoms with Crippen LogP contribution in [-0.4, -0.2) is 29.8 Å². The average molecular weight is 350 g/mol. The van der Waals surface area contributed by atoms with E-state index < -0.39 is 0 Å². The molecule has 0 bridgehead atoms. The number of hydrogen-bond donors (Lipinski definition) is 1. The Hall–Kier alpha value is -2.62. The fourth-order valence-electron chi connectivity index (χ4n) is 3.27. The summed E-state index contributed by atoms with van der Waals surface area (Å²) in [7, 11) is 0. The predicted molar refractivity (Wildman–Crippen MR) is 105 cm³/mol. The van der Waals surface area contributed by atoms with Gasteiger partial charge in [0.05, 0.1) is 0 Å². The quantitative estimate of drug-likeness (QED) is 0.881. The summed E-state index contributed by atoms with van der Waals surface area (Å²) in [5, 5.41) is 2.92. The minimum Gasteiger partial charge on any atom is -0.339 e. The normalized spacial score (nSPS) is 14.6. The van der Waals surface area contributed by atoms with Crippen molar-refractivity contribution in [1.29, 1.82) is 0 Å². The van der Waals surface area contributed by atoms with Crippen LogP contribution in [0.25, 0.3) is 0 Å². The third-order valence-corrected chi connectivity index (χ3v) is 5.03. The van der Waals surface area contributed by atoms with Gasteiger partial charge in [-0.15, -0.1) is 0 Å². The number of rotatable bonds is 3. The van der Waals surface area contributed by atoms with Gasteiger partial charge in [-0.2, -0.15) is 0 Å². The molecule has 1 N–H and O–H groups in total. The van der Waals surface area contributed by atoms with Crippen molar-refractivity contribution in [1.82, 2.24) is 4.90 Å². The van der Waals surface area contributed by atoms with E-state index in [0.717, 1.165) is 37.2 Å². The van der Waals surface area contributed by atoms with Crippen LogP contribution in [0.15, 0.2) is 42.5 Å². The van der Waals surface area contributed by atoms with Crippen LogP contribution in [0.5, 0.6) is 0 Å². The van der Waals surface area contributed by atoms with Gasteiger partial charge in [-0.25, -0.2) is 0 Å². The Balaban J connectivity index is 1.74. The van der Waals surface area contributed by atoms with Crippen molar-refractivity contribution < 1.29 is 9.59 Å². The summed E-state index contributed by atoms with van der Waals surface area (Å²) in [6.45, 7) is 5.67. The number of nitrogens with zero attached hydrogens (tertiary/aromatic N) is 1. The Kier molecular flexibility index (Phi) is 5.71. The van der Waals surface area contributed by atoms with Gasteiger partial charge in [-0.3, -0.25) is 9.59 Å². The van der Waals surface area contributed by atoms with Gasteiger partial charge in [0, 0.05) is 29.9 Å². The van der Waals surface area contributed by atoms with E-state index in [-0.39, 0.29) is 11.8 Å². The van der Waals surface area contributed by atoms with Crippen LogP contribution < -0.4 is 5.32 Å². The first kappa shape index (κ1) is 18.2. The molecule has 2 amide bonds. The van der Waals surface area contributed by atoms with E-state index in [9.17, 15) is 9.59 Å². The van der Waals surface area contributed by atoms with Crippen molar-refractivity contribution in [3.05, 3.63) is 64.7 Å². The van der Waals surface area contributed by atoms with Crippen molar-refractivity contribution in [2.24, 2.45) is 0 Å². The van der Waals surface area contributed by atoms with Gasteiger partial charge in [-0.1, -0.05) is 25.0 Å². The third kappa shape index (κ3) is 4.31. The molecule has 0 atom stereocenters. The highest BCUT2D eigenvalue weighted by molar-refractivity contribution is 6.06. The van der Waals surface area contributed by atoms with Gasteiger partial charge in [0.15, 0.2) is 0 Å². The van der Waals surface area contributed by atoms with E-state index in [1.807, 2.05) is 36.9 Å². The molecule has 4 nitrogen and oxygen atoms in total. The maximum atomic E-state index is 12.8. The van der Waals surface area contributed by atoms with Crippen LogP contribution in [0.4, 0.5) is 5.69 Å². The van der Waals surface area contributed by atoms with Crippen LogP contribution in [0.2, 0.25) is 0 Å². The summed E-state index contributed by atoms with van der Waals surface area (Å²) in [5.41, 5.74) is 4.17. The summed E-state index contributed by atoms with van der Waals surface area (Å²) in [4.78, 5) is 27.3. The first-order valence-electron chi connectivity index (χ1n) is 9.32.